The second kappa shape index (κ2) is 4.47. The summed E-state index contributed by atoms with van der Waals surface area (Å²) in [5, 5.41) is 7.20. The Kier molecular flexibility index (Phi) is 3.55. The minimum atomic E-state index is 0.192. The van der Waals surface area contributed by atoms with E-state index in [9.17, 15) is 0 Å². The molecule has 12 heavy (non-hydrogen) atoms. The van der Waals surface area contributed by atoms with Gasteiger partial charge in [-0.05, 0) is 13.3 Å². The van der Waals surface area contributed by atoms with E-state index in [1.165, 1.54) is 16.6 Å². The van der Waals surface area contributed by atoms with E-state index in [1.54, 1.807) is 11.3 Å². The third-order valence-electron chi connectivity index (χ3n) is 1.43. The molecule has 3 nitrogen and oxygen atoms in total. The van der Waals surface area contributed by atoms with Gasteiger partial charge in [0.2, 0.25) is 0 Å². The van der Waals surface area contributed by atoms with Crippen molar-refractivity contribution in [2.45, 2.75) is 13.3 Å². The Morgan fingerprint density at radius 3 is 3.08 bits per heavy atom. The molecule has 1 aromatic heterocycles. The first kappa shape index (κ1) is 9.54. The first-order valence-electron chi connectivity index (χ1n) is 3.56. The minimum absolute atomic E-state index is 0.192. The summed E-state index contributed by atoms with van der Waals surface area (Å²) in [5.41, 5.74) is 8.16. The topological polar surface area (TPSA) is 62.8 Å². The van der Waals surface area contributed by atoms with Gasteiger partial charge >= 0.3 is 0 Å². The van der Waals surface area contributed by atoms with Crippen LogP contribution >= 0.6 is 23.1 Å². The van der Waals surface area contributed by atoms with Crippen molar-refractivity contribution >= 4 is 28.3 Å². The molecule has 66 valence electrons. The molecule has 5 heteroatoms. The molecule has 0 saturated carbocycles. The molecule has 1 rings (SSSR count). The highest BCUT2D eigenvalue weighted by Crippen LogP contribution is 2.14. The third kappa shape index (κ3) is 2.83. The van der Waals surface area contributed by atoms with Crippen LogP contribution in [0.2, 0.25) is 0 Å². The minimum Gasteiger partial charge on any atom is -0.379 e. The number of nitrogens with zero attached hydrogens (tertiary/aromatic N) is 1. The maximum Gasteiger partial charge on any atom is 0.151 e. The van der Waals surface area contributed by atoms with Crippen LogP contribution in [0.15, 0.2) is 5.51 Å². The molecular formula is C7H11N3S2. The second-order valence-corrected chi connectivity index (χ2v) is 4.40. The lowest BCUT2D eigenvalue weighted by Gasteiger charge is -1.97. The van der Waals surface area contributed by atoms with Gasteiger partial charge in [0.1, 0.15) is 0 Å². The van der Waals surface area contributed by atoms with Gasteiger partial charge in [-0.3, -0.25) is 5.41 Å². The van der Waals surface area contributed by atoms with Crippen molar-refractivity contribution in [3.05, 3.63) is 16.1 Å². The molecule has 1 heterocycles. The van der Waals surface area contributed by atoms with Gasteiger partial charge in [0.05, 0.1) is 11.2 Å². The first-order chi connectivity index (χ1) is 5.70. The van der Waals surface area contributed by atoms with E-state index < -0.39 is 0 Å². The number of hydrogen-bond acceptors (Lipinski definition) is 4. The van der Waals surface area contributed by atoms with Gasteiger partial charge in [0.15, 0.2) is 5.17 Å². The van der Waals surface area contributed by atoms with Crippen molar-refractivity contribution in [2.24, 2.45) is 5.73 Å². The fourth-order valence-corrected chi connectivity index (χ4v) is 2.26. The van der Waals surface area contributed by atoms with Crippen LogP contribution in [0.25, 0.3) is 0 Å². The highest BCUT2D eigenvalue weighted by molar-refractivity contribution is 8.13. The molecule has 0 aliphatic heterocycles. The molecule has 1 aromatic rings. The Morgan fingerprint density at radius 2 is 2.58 bits per heavy atom. The smallest absolute Gasteiger partial charge is 0.151 e. The van der Waals surface area contributed by atoms with Crippen LogP contribution in [-0.2, 0) is 6.42 Å². The largest absolute Gasteiger partial charge is 0.379 e. The summed E-state index contributed by atoms with van der Waals surface area (Å²) in [5.74, 6) is 0.873. The fourth-order valence-electron chi connectivity index (χ4n) is 0.820. The number of rotatable bonds is 3. The third-order valence-corrected chi connectivity index (χ3v) is 3.15. The van der Waals surface area contributed by atoms with Crippen LogP contribution in [-0.4, -0.2) is 15.9 Å². The summed E-state index contributed by atoms with van der Waals surface area (Å²) < 4.78 is 0. The van der Waals surface area contributed by atoms with Crippen LogP contribution in [0.4, 0.5) is 0 Å². The van der Waals surface area contributed by atoms with E-state index in [1.807, 2.05) is 12.4 Å². The van der Waals surface area contributed by atoms with Gasteiger partial charge in [0, 0.05) is 10.6 Å². The van der Waals surface area contributed by atoms with Crippen molar-refractivity contribution in [2.75, 3.05) is 5.75 Å². The van der Waals surface area contributed by atoms with Gasteiger partial charge in [-0.2, -0.15) is 0 Å². The Bertz CT molecular complexity index is 269. The van der Waals surface area contributed by atoms with Crippen LogP contribution in [0.1, 0.15) is 10.6 Å². The average molecular weight is 201 g/mol. The van der Waals surface area contributed by atoms with Crippen molar-refractivity contribution < 1.29 is 0 Å². The van der Waals surface area contributed by atoms with E-state index in [0.29, 0.717) is 0 Å². The Balaban J connectivity index is 2.33. The lowest BCUT2D eigenvalue weighted by molar-refractivity contribution is 1.13. The summed E-state index contributed by atoms with van der Waals surface area (Å²) in [6.45, 7) is 2.00. The van der Waals surface area contributed by atoms with E-state index in [0.717, 1.165) is 17.9 Å². The summed E-state index contributed by atoms with van der Waals surface area (Å²) in [6.07, 6.45) is 0.959. The summed E-state index contributed by atoms with van der Waals surface area (Å²) in [7, 11) is 0. The second-order valence-electron chi connectivity index (χ2n) is 2.32. The van der Waals surface area contributed by atoms with Crippen LogP contribution in [0.5, 0.6) is 0 Å². The molecule has 0 unspecified atom stereocenters. The van der Waals surface area contributed by atoms with Crippen molar-refractivity contribution in [3.8, 4) is 0 Å². The molecule has 0 fully saturated rings. The Labute approximate surface area is 79.9 Å². The number of aromatic nitrogens is 1. The molecule has 0 spiro atoms. The lowest BCUT2D eigenvalue weighted by Crippen LogP contribution is -2.05. The van der Waals surface area contributed by atoms with E-state index in [-0.39, 0.29) is 5.17 Å². The molecular weight excluding hydrogens is 190 g/mol. The zero-order valence-corrected chi connectivity index (χ0v) is 8.47. The summed E-state index contributed by atoms with van der Waals surface area (Å²) in [4.78, 5) is 5.43. The van der Waals surface area contributed by atoms with E-state index >= 15 is 0 Å². The number of hydrogen-bond donors (Lipinski definition) is 2. The predicted molar refractivity (Wildman–Crippen MR) is 54.9 cm³/mol. The van der Waals surface area contributed by atoms with Crippen molar-refractivity contribution in [1.82, 2.24) is 4.98 Å². The van der Waals surface area contributed by atoms with Crippen molar-refractivity contribution in [1.29, 1.82) is 5.41 Å². The molecule has 0 radical (unpaired) electrons. The maximum absolute atomic E-state index is 7.01. The average Bonchev–Trinajstić information content (AvgIpc) is 2.36. The standard InChI is InChI=1S/C7H11N3S2/c1-5-6(12-4-10-5)2-3-11-7(8)9/h4H,2-3H2,1H3,(H3,8,9). The van der Waals surface area contributed by atoms with Gasteiger partial charge in [0.25, 0.3) is 0 Å². The molecule has 0 aliphatic carbocycles. The molecule has 0 bridgehead atoms. The maximum atomic E-state index is 7.01. The van der Waals surface area contributed by atoms with Crippen LogP contribution in [0, 0.1) is 12.3 Å². The van der Waals surface area contributed by atoms with E-state index in [4.69, 9.17) is 11.1 Å². The fraction of sp³-hybridized carbons (Fsp3) is 0.429. The number of amidine groups is 1. The molecule has 0 amide bonds. The molecule has 0 aromatic carbocycles. The number of aryl methyl sites for hydroxylation is 2. The highest BCUT2D eigenvalue weighted by atomic mass is 32.2. The van der Waals surface area contributed by atoms with Gasteiger partial charge in [-0.1, -0.05) is 11.8 Å². The SMILES string of the molecule is Cc1ncsc1CCSC(=N)N. The Morgan fingerprint density at radius 1 is 1.83 bits per heavy atom. The zero-order valence-electron chi connectivity index (χ0n) is 6.83. The number of nitrogens with two attached hydrogens (primary N) is 1. The molecule has 3 N–H and O–H groups in total. The Hall–Kier alpha value is -0.550. The lowest BCUT2D eigenvalue weighted by atomic mass is 10.3. The number of nitrogens with one attached hydrogen (secondary N) is 1. The van der Waals surface area contributed by atoms with Crippen LogP contribution in [0.3, 0.4) is 0 Å². The predicted octanol–water partition coefficient (Wildman–Crippen LogP) is 1.62. The quantitative estimate of drug-likeness (QED) is 0.577. The van der Waals surface area contributed by atoms with Gasteiger partial charge in [-0.15, -0.1) is 11.3 Å². The molecule has 0 atom stereocenters. The number of thiazole rings is 1. The zero-order chi connectivity index (χ0) is 8.97. The monoisotopic (exact) mass is 201 g/mol. The summed E-state index contributed by atoms with van der Waals surface area (Å²) >= 11 is 3.04. The van der Waals surface area contributed by atoms with Gasteiger partial charge < -0.3 is 5.73 Å². The molecule has 0 aliphatic rings. The first-order valence-corrected chi connectivity index (χ1v) is 5.42. The van der Waals surface area contributed by atoms with Gasteiger partial charge in [-0.25, -0.2) is 4.98 Å². The normalized spacial score (nSPS) is 10.1. The van der Waals surface area contributed by atoms with Crippen LogP contribution < -0.4 is 5.73 Å². The van der Waals surface area contributed by atoms with Crippen molar-refractivity contribution in [3.63, 3.8) is 0 Å². The number of thioether (sulfide) groups is 1. The molecule has 0 saturated heterocycles. The van der Waals surface area contributed by atoms with E-state index in [2.05, 4.69) is 4.98 Å². The highest BCUT2D eigenvalue weighted by Gasteiger charge is 2.00. The summed E-state index contributed by atoms with van der Waals surface area (Å²) in [6, 6.07) is 0.